The Morgan fingerprint density at radius 3 is 2.14 bits per heavy atom. The average molecular weight is 428 g/mol. The highest BCUT2D eigenvalue weighted by atomic mass is 35.5. The Kier molecular flexibility index (Phi) is 8.29. The van der Waals surface area contributed by atoms with Crippen molar-refractivity contribution in [2.45, 2.75) is 31.2 Å². The molecule has 0 aliphatic carbocycles. The van der Waals surface area contributed by atoms with E-state index in [1.807, 2.05) is 20.8 Å². The number of nitrogens with two attached hydrogens (primary N) is 1. The van der Waals surface area contributed by atoms with Crippen molar-refractivity contribution in [2.75, 3.05) is 17.9 Å². The molecule has 0 spiro atoms. The summed E-state index contributed by atoms with van der Waals surface area (Å²) in [6.45, 7) is 6.32. The van der Waals surface area contributed by atoms with Gasteiger partial charge < -0.3 is 15.8 Å². The molecule has 0 aliphatic rings. The molecule has 28 heavy (non-hydrogen) atoms. The van der Waals surface area contributed by atoms with Crippen molar-refractivity contribution < 1.29 is 17.9 Å². The Hall–Kier alpha value is -2.29. The lowest BCUT2D eigenvalue weighted by Gasteiger charge is -2.18. The molecule has 0 aliphatic heterocycles. The highest BCUT2D eigenvalue weighted by Gasteiger charge is 2.16. The van der Waals surface area contributed by atoms with Gasteiger partial charge in [-0.25, -0.2) is 8.42 Å². The van der Waals surface area contributed by atoms with Gasteiger partial charge in [0.05, 0.1) is 11.5 Å². The summed E-state index contributed by atoms with van der Waals surface area (Å²) < 4.78 is 32.7. The van der Waals surface area contributed by atoms with Crippen molar-refractivity contribution in [1.82, 2.24) is 5.32 Å². The minimum absolute atomic E-state index is 0. The monoisotopic (exact) mass is 427 g/mol. The summed E-state index contributed by atoms with van der Waals surface area (Å²) in [7, 11) is -3.73. The number of ether oxygens (including phenoxy) is 1. The minimum atomic E-state index is -3.73. The molecule has 0 saturated carbocycles. The molecule has 7 nitrogen and oxygen atoms in total. The number of rotatable bonds is 8. The Bertz CT molecular complexity index is 877. The Morgan fingerprint density at radius 1 is 1.07 bits per heavy atom. The van der Waals surface area contributed by atoms with E-state index in [0.717, 1.165) is 0 Å². The van der Waals surface area contributed by atoms with Gasteiger partial charge >= 0.3 is 0 Å². The molecule has 0 aromatic heterocycles. The van der Waals surface area contributed by atoms with Gasteiger partial charge in [-0.1, -0.05) is 0 Å². The fraction of sp³-hybridized carbons (Fsp3) is 0.316. The maximum absolute atomic E-state index is 12.5. The van der Waals surface area contributed by atoms with E-state index in [2.05, 4.69) is 10.0 Å². The number of benzene rings is 2. The van der Waals surface area contributed by atoms with E-state index in [-0.39, 0.29) is 23.2 Å². The number of carbonyl (C=O) groups is 1. The lowest BCUT2D eigenvalue weighted by Crippen LogP contribution is -2.45. The molecule has 0 unspecified atom stereocenters. The zero-order valence-electron chi connectivity index (χ0n) is 16.1. The van der Waals surface area contributed by atoms with Gasteiger partial charge in [0.15, 0.2) is 0 Å². The van der Waals surface area contributed by atoms with Crippen molar-refractivity contribution in [3.8, 4) is 5.75 Å². The summed E-state index contributed by atoms with van der Waals surface area (Å²) >= 11 is 0. The quantitative estimate of drug-likeness (QED) is 0.599. The van der Waals surface area contributed by atoms with Crippen LogP contribution in [0.25, 0.3) is 0 Å². The van der Waals surface area contributed by atoms with Gasteiger partial charge in [-0.05, 0) is 69.3 Å². The summed E-state index contributed by atoms with van der Waals surface area (Å²) in [4.78, 5) is 12.2. The summed E-state index contributed by atoms with van der Waals surface area (Å²) in [5.41, 5.74) is 6.11. The maximum atomic E-state index is 12.5. The lowest BCUT2D eigenvalue weighted by molar-refractivity contribution is 0.0946. The average Bonchev–Trinajstić information content (AvgIpc) is 2.60. The van der Waals surface area contributed by atoms with E-state index in [1.165, 1.54) is 24.3 Å². The Labute approximate surface area is 172 Å². The van der Waals surface area contributed by atoms with Crippen LogP contribution in [-0.4, -0.2) is 33.0 Å². The number of sulfonamides is 1. The van der Waals surface area contributed by atoms with E-state index < -0.39 is 15.6 Å². The molecule has 2 rings (SSSR count). The summed E-state index contributed by atoms with van der Waals surface area (Å²) in [5.74, 6) is 0.335. The molecule has 9 heteroatoms. The number of amides is 1. The number of carbonyl (C=O) groups excluding carboxylic acids is 1. The van der Waals surface area contributed by atoms with E-state index in [4.69, 9.17) is 10.5 Å². The van der Waals surface area contributed by atoms with Crippen LogP contribution in [0.5, 0.6) is 5.75 Å². The topological polar surface area (TPSA) is 111 Å². The van der Waals surface area contributed by atoms with Crippen LogP contribution in [0, 0.1) is 0 Å². The molecule has 1 amide bonds. The van der Waals surface area contributed by atoms with Crippen molar-refractivity contribution in [3.63, 3.8) is 0 Å². The summed E-state index contributed by atoms with van der Waals surface area (Å²) in [6.07, 6.45) is 0. The summed E-state index contributed by atoms with van der Waals surface area (Å²) in [5, 5.41) is 2.73. The predicted octanol–water partition coefficient (Wildman–Crippen LogP) is 2.77. The van der Waals surface area contributed by atoms with Crippen LogP contribution in [-0.2, 0) is 10.0 Å². The Morgan fingerprint density at radius 2 is 1.64 bits per heavy atom. The molecule has 2 aromatic rings. The van der Waals surface area contributed by atoms with E-state index in [9.17, 15) is 13.2 Å². The zero-order valence-corrected chi connectivity index (χ0v) is 17.7. The SMILES string of the molecule is CCOc1ccc(S(=O)(=O)Nc2ccc(C(=O)NCC(C)(C)N)cc2)cc1.Cl. The number of halogens is 1. The van der Waals surface area contributed by atoms with Crippen molar-refractivity contribution in [1.29, 1.82) is 0 Å². The first-order chi connectivity index (χ1) is 12.6. The van der Waals surface area contributed by atoms with Crippen LogP contribution >= 0.6 is 12.4 Å². The van der Waals surface area contributed by atoms with Crippen LogP contribution in [0.3, 0.4) is 0 Å². The van der Waals surface area contributed by atoms with Gasteiger partial charge in [0.25, 0.3) is 15.9 Å². The van der Waals surface area contributed by atoms with Gasteiger partial charge in [-0.15, -0.1) is 12.4 Å². The molecule has 0 fully saturated rings. The first-order valence-electron chi connectivity index (χ1n) is 8.53. The molecule has 0 saturated heterocycles. The smallest absolute Gasteiger partial charge is 0.261 e. The first kappa shape index (κ1) is 23.7. The molecule has 154 valence electrons. The normalized spacial score (nSPS) is 11.3. The van der Waals surface area contributed by atoms with Crippen LogP contribution in [0.4, 0.5) is 5.69 Å². The first-order valence-corrected chi connectivity index (χ1v) is 10.0. The van der Waals surface area contributed by atoms with Gasteiger partial charge in [0, 0.05) is 23.3 Å². The zero-order chi connectivity index (χ0) is 20.1. The number of anilines is 1. The fourth-order valence-corrected chi connectivity index (χ4v) is 3.25. The highest BCUT2D eigenvalue weighted by Crippen LogP contribution is 2.19. The summed E-state index contributed by atoms with van der Waals surface area (Å²) in [6, 6.07) is 12.3. The van der Waals surface area contributed by atoms with Gasteiger partial charge in [-0.3, -0.25) is 9.52 Å². The third-order valence-electron chi connectivity index (χ3n) is 3.55. The minimum Gasteiger partial charge on any atom is -0.494 e. The van der Waals surface area contributed by atoms with E-state index >= 15 is 0 Å². The molecule has 0 bridgehead atoms. The highest BCUT2D eigenvalue weighted by molar-refractivity contribution is 7.92. The molecule has 4 N–H and O–H groups in total. The van der Waals surface area contributed by atoms with E-state index in [1.54, 1.807) is 24.3 Å². The van der Waals surface area contributed by atoms with Crippen molar-refractivity contribution in [3.05, 3.63) is 54.1 Å². The van der Waals surface area contributed by atoms with Gasteiger partial charge in [0.2, 0.25) is 0 Å². The second-order valence-corrected chi connectivity index (χ2v) is 8.44. The van der Waals surface area contributed by atoms with Crippen LogP contribution in [0.2, 0.25) is 0 Å². The fourth-order valence-electron chi connectivity index (χ4n) is 2.20. The Balaban J connectivity index is 0.00000392. The number of hydrogen-bond donors (Lipinski definition) is 3. The molecule has 0 heterocycles. The molecular formula is C19H26ClN3O4S. The molecular weight excluding hydrogens is 402 g/mol. The number of hydrogen-bond acceptors (Lipinski definition) is 5. The van der Waals surface area contributed by atoms with Gasteiger partial charge in [-0.2, -0.15) is 0 Å². The third-order valence-corrected chi connectivity index (χ3v) is 4.95. The maximum Gasteiger partial charge on any atom is 0.261 e. The van der Waals surface area contributed by atoms with Crippen molar-refractivity contribution in [2.24, 2.45) is 5.73 Å². The second kappa shape index (κ2) is 9.77. The molecule has 2 aromatic carbocycles. The largest absolute Gasteiger partial charge is 0.494 e. The lowest BCUT2D eigenvalue weighted by atomic mass is 10.1. The van der Waals surface area contributed by atoms with E-state index in [0.29, 0.717) is 30.2 Å². The third kappa shape index (κ3) is 7.03. The predicted molar refractivity (Wildman–Crippen MR) is 113 cm³/mol. The van der Waals surface area contributed by atoms with Crippen LogP contribution in [0.1, 0.15) is 31.1 Å². The van der Waals surface area contributed by atoms with Gasteiger partial charge in [0.1, 0.15) is 5.75 Å². The second-order valence-electron chi connectivity index (χ2n) is 6.76. The number of nitrogens with one attached hydrogen (secondary N) is 2. The van der Waals surface area contributed by atoms with Crippen molar-refractivity contribution >= 4 is 34.0 Å². The standard InChI is InChI=1S/C19H25N3O4S.ClH/c1-4-26-16-9-11-17(12-10-16)27(24,25)22-15-7-5-14(6-8-15)18(23)21-13-19(2,3)20;/h5-12,22H,4,13,20H2,1-3H3,(H,21,23);1H. The molecule has 0 atom stereocenters. The molecule has 0 radical (unpaired) electrons. The van der Waals surface area contributed by atoms with Crippen LogP contribution in [0.15, 0.2) is 53.4 Å². The van der Waals surface area contributed by atoms with Crippen LogP contribution < -0.4 is 20.5 Å².